The molecule has 0 aliphatic rings. The predicted octanol–water partition coefficient (Wildman–Crippen LogP) is 25.7. The molecule has 0 fully saturated rings. The number of esters is 2. The molecule has 0 aliphatic carbocycles. The SMILES string of the molecule is CC/C=C\C/C=C\C/C=C\C/C=C\C/C=C\C/C=C\C/C=C\C/C=C\C/C=C\C/C=C\C/C=C\C/C=C\CCCCCCC(=O)OCC(COC(OCC[N+](C)(C)C)C(=O)[O-])OC(=O)CCCCCC/C=C\C/C=C\C/C=C\C/C=C\C/C=C\C/C=C\C/C=C\C/C=C\C/C=C\C/C=C\C/C=C\C/C=C\CC. The van der Waals surface area contributed by atoms with Crippen molar-refractivity contribution in [3.05, 3.63) is 292 Å². The highest BCUT2D eigenvalue weighted by molar-refractivity contribution is 5.70. The molecular weight excluding hydrogens is 1320 g/mol. The van der Waals surface area contributed by atoms with Gasteiger partial charge in [0.15, 0.2) is 12.4 Å². The smallest absolute Gasteiger partial charge is 0.306 e. The van der Waals surface area contributed by atoms with Crippen LogP contribution >= 0.6 is 0 Å². The molecule has 107 heavy (non-hydrogen) atoms. The number of ether oxygens (including phenoxy) is 4. The number of likely N-dealkylation sites (N-methyl/N-ethyl adjacent to an activating group) is 1. The average Bonchev–Trinajstić information content (AvgIpc) is 0.928. The Morgan fingerprint density at radius 2 is 0.505 bits per heavy atom. The van der Waals surface area contributed by atoms with Crippen LogP contribution in [0.25, 0.3) is 0 Å². The van der Waals surface area contributed by atoms with E-state index in [1.54, 1.807) is 0 Å². The Balaban J connectivity index is 4.28. The number of nitrogens with zero attached hydrogens (tertiary/aromatic N) is 1. The van der Waals surface area contributed by atoms with E-state index in [-0.39, 0.29) is 32.7 Å². The Kier molecular flexibility index (Phi) is 77.5. The fraction of sp³-hybridized carbons (Fsp3) is 0.480. The summed E-state index contributed by atoms with van der Waals surface area (Å²) >= 11 is 0. The van der Waals surface area contributed by atoms with Crippen molar-refractivity contribution in [1.82, 2.24) is 0 Å². The zero-order valence-corrected chi connectivity index (χ0v) is 67.4. The number of carbonyl (C=O) groups excluding carboxylic acids is 3. The second-order valence-electron chi connectivity index (χ2n) is 26.9. The third kappa shape index (κ3) is 85.2. The van der Waals surface area contributed by atoms with Crippen molar-refractivity contribution in [2.24, 2.45) is 0 Å². The van der Waals surface area contributed by atoms with Gasteiger partial charge in [-0.3, -0.25) is 9.59 Å². The molecule has 0 saturated heterocycles. The van der Waals surface area contributed by atoms with E-state index in [2.05, 4.69) is 305 Å². The highest BCUT2D eigenvalue weighted by Crippen LogP contribution is 2.13. The molecule has 0 saturated carbocycles. The minimum absolute atomic E-state index is 0.121. The summed E-state index contributed by atoms with van der Waals surface area (Å²) in [4.78, 5) is 37.6. The van der Waals surface area contributed by atoms with Crippen LogP contribution in [0, 0.1) is 0 Å². The van der Waals surface area contributed by atoms with E-state index in [1.807, 2.05) is 21.1 Å². The summed E-state index contributed by atoms with van der Waals surface area (Å²) in [6.45, 7) is 4.41. The molecule has 0 amide bonds. The lowest BCUT2D eigenvalue weighted by Gasteiger charge is -2.26. The molecule has 0 bridgehead atoms. The van der Waals surface area contributed by atoms with Crippen molar-refractivity contribution >= 4 is 17.9 Å². The number of unbranched alkanes of at least 4 members (excludes halogenated alkanes) is 8. The fourth-order valence-corrected chi connectivity index (χ4v) is 9.73. The first-order valence-electron chi connectivity index (χ1n) is 40.8. The number of aliphatic carboxylic acids is 1. The zero-order chi connectivity index (χ0) is 77.4. The van der Waals surface area contributed by atoms with Crippen LogP contribution in [-0.4, -0.2) is 82.3 Å². The van der Waals surface area contributed by atoms with Gasteiger partial charge < -0.3 is 33.3 Å². The van der Waals surface area contributed by atoms with E-state index < -0.39 is 30.3 Å². The van der Waals surface area contributed by atoms with Crippen LogP contribution in [0.5, 0.6) is 0 Å². The largest absolute Gasteiger partial charge is 0.545 e. The normalized spacial score (nSPS) is 14.2. The van der Waals surface area contributed by atoms with E-state index in [1.165, 1.54) is 0 Å². The molecule has 0 radical (unpaired) electrons. The van der Waals surface area contributed by atoms with Gasteiger partial charge >= 0.3 is 11.9 Å². The molecule has 0 rings (SSSR count). The van der Waals surface area contributed by atoms with E-state index in [0.717, 1.165) is 205 Å². The topological polar surface area (TPSA) is 111 Å². The van der Waals surface area contributed by atoms with Crippen molar-refractivity contribution in [3.63, 3.8) is 0 Å². The second-order valence-corrected chi connectivity index (χ2v) is 26.9. The molecule has 0 aromatic rings. The van der Waals surface area contributed by atoms with Crippen LogP contribution in [0.1, 0.15) is 245 Å². The van der Waals surface area contributed by atoms with Crippen molar-refractivity contribution in [2.75, 3.05) is 47.5 Å². The van der Waals surface area contributed by atoms with Gasteiger partial charge in [0, 0.05) is 12.8 Å². The lowest BCUT2D eigenvalue weighted by molar-refractivity contribution is -0.870. The van der Waals surface area contributed by atoms with Crippen molar-refractivity contribution in [2.45, 2.75) is 257 Å². The summed E-state index contributed by atoms with van der Waals surface area (Å²) in [6.07, 6.45) is 137. The first-order chi connectivity index (χ1) is 52.6. The van der Waals surface area contributed by atoms with Gasteiger partial charge in [0.2, 0.25) is 0 Å². The number of hydrogen-bond donors (Lipinski definition) is 0. The minimum atomic E-state index is -1.66. The summed E-state index contributed by atoms with van der Waals surface area (Å²) in [6, 6.07) is 0. The van der Waals surface area contributed by atoms with Gasteiger partial charge in [-0.1, -0.05) is 331 Å². The predicted molar refractivity (Wildman–Crippen MR) is 461 cm³/mol. The average molecular weight is 1470 g/mol. The highest BCUT2D eigenvalue weighted by atomic mass is 16.7. The van der Waals surface area contributed by atoms with Gasteiger partial charge in [-0.05, 0) is 193 Å². The van der Waals surface area contributed by atoms with Gasteiger partial charge in [-0.15, -0.1) is 0 Å². The molecule has 0 aromatic heterocycles. The van der Waals surface area contributed by atoms with Crippen LogP contribution in [0.3, 0.4) is 0 Å². The lowest BCUT2D eigenvalue weighted by Crippen LogP contribution is -2.44. The summed E-state index contributed by atoms with van der Waals surface area (Å²) in [7, 11) is 5.89. The Labute approximate surface area is 653 Å². The molecule has 0 aliphatic heterocycles. The second kappa shape index (κ2) is 83.7. The molecule has 0 spiro atoms. The Morgan fingerprint density at radius 1 is 0.280 bits per heavy atom. The quantitative estimate of drug-likeness (QED) is 0.0195. The van der Waals surface area contributed by atoms with Crippen molar-refractivity contribution in [3.8, 4) is 0 Å². The minimum Gasteiger partial charge on any atom is -0.545 e. The number of allylic oxidation sites excluding steroid dienone is 48. The molecule has 0 aromatic carbocycles. The molecule has 9 nitrogen and oxygen atoms in total. The van der Waals surface area contributed by atoms with E-state index in [4.69, 9.17) is 18.9 Å². The van der Waals surface area contributed by atoms with Crippen LogP contribution in [0.15, 0.2) is 292 Å². The van der Waals surface area contributed by atoms with Crippen LogP contribution < -0.4 is 5.11 Å². The molecular formula is C98H145NO8. The fourth-order valence-electron chi connectivity index (χ4n) is 9.73. The third-order valence-electron chi connectivity index (χ3n) is 15.8. The summed E-state index contributed by atoms with van der Waals surface area (Å²) in [5.74, 6) is -2.39. The summed E-state index contributed by atoms with van der Waals surface area (Å²) < 4.78 is 22.7. The maximum Gasteiger partial charge on any atom is 0.306 e. The first kappa shape index (κ1) is 99.0. The summed E-state index contributed by atoms with van der Waals surface area (Å²) in [5.41, 5.74) is 0. The number of quaternary nitrogens is 1. The molecule has 590 valence electrons. The van der Waals surface area contributed by atoms with E-state index >= 15 is 0 Å². The van der Waals surface area contributed by atoms with Gasteiger partial charge in [0.1, 0.15) is 13.2 Å². The van der Waals surface area contributed by atoms with Gasteiger partial charge in [0.05, 0.1) is 40.3 Å². The van der Waals surface area contributed by atoms with Crippen LogP contribution in [0.2, 0.25) is 0 Å². The number of carboxylic acids is 1. The number of carboxylic acid groups (broad SMARTS) is 1. The maximum absolute atomic E-state index is 13.0. The van der Waals surface area contributed by atoms with Gasteiger partial charge in [-0.25, -0.2) is 0 Å². The molecule has 0 N–H and O–H groups in total. The monoisotopic (exact) mass is 1460 g/mol. The standard InChI is InChI=1S/C98H145NO8/c1-6-8-10-12-14-16-18-20-22-24-26-28-30-32-34-36-38-40-42-44-46-48-50-52-54-56-58-60-62-64-66-68-70-72-74-76-78-80-82-84-86-88-95(100)105-92-94(93-106-98(97(102)103)104-91-90-99(3,4)5)107-96(101)89-87-85-83-81-79-77-75-73-71-69-67-65-63-61-59-57-55-53-51-49-47-45-43-41-39-37-35-33-31-29-27-25-23-21-19-17-15-13-11-9-7-2/h8-11,14-17,20-23,26-29,32-35,38-41,44-47,50-53,56-59,62-65,68-71,74-77,94,98H,6-7,12-13,18-19,24-25,30-31,36-37,42-43,48-49,54-55,60-61,66-67,72-73,78-93H2,1-5H3/b10-8-,11-9-,16-14-,17-15-,22-20-,23-21-,28-26-,29-27-,34-32-,35-33-,40-38-,41-39-,46-44-,47-45-,52-50-,53-51-,58-56-,59-57-,64-62-,65-63-,70-68-,71-69-,76-74-,77-75-. The Hall–Kier alpha value is -7.95. The first-order valence-corrected chi connectivity index (χ1v) is 40.8. The number of carbonyl (C=O) groups is 3. The lowest BCUT2D eigenvalue weighted by atomic mass is 10.1. The molecule has 2 atom stereocenters. The summed E-state index contributed by atoms with van der Waals surface area (Å²) in [5, 5.41) is 11.9. The van der Waals surface area contributed by atoms with Crippen molar-refractivity contribution < 1.29 is 42.9 Å². The third-order valence-corrected chi connectivity index (χ3v) is 15.8. The molecule has 9 heteroatoms. The molecule has 0 heterocycles. The maximum atomic E-state index is 13.0. The molecule has 2 unspecified atom stereocenters. The van der Waals surface area contributed by atoms with E-state index in [9.17, 15) is 19.5 Å². The highest BCUT2D eigenvalue weighted by Gasteiger charge is 2.22. The van der Waals surface area contributed by atoms with Crippen LogP contribution in [0.4, 0.5) is 0 Å². The van der Waals surface area contributed by atoms with Gasteiger partial charge in [0.25, 0.3) is 0 Å². The number of rotatable bonds is 71. The number of hydrogen-bond acceptors (Lipinski definition) is 8. The Bertz CT molecular complexity index is 2880. The Morgan fingerprint density at radius 3 is 0.738 bits per heavy atom. The van der Waals surface area contributed by atoms with E-state index in [0.29, 0.717) is 23.9 Å². The van der Waals surface area contributed by atoms with Gasteiger partial charge in [-0.2, -0.15) is 0 Å². The van der Waals surface area contributed by atoms with Crippen LogP contribution in [-0.2, 0) is 33.3 Å². The zero-order valence-electron chi connectivity index (χ0n) is 67.4. The van der Waals surface area contributed by atoms with Crippen molar-refractivity contribution in [1.29, 1.82) is 0 Å².